The minimum absolute atomic E-state index is 0.00696. The number of nitrogens with one attached hydrogen (secondary N) is 1. The van der Waals surface area contributed by atoms with Crippen molar-refractivity contribution in [2.24, 2.45) is 0 Å². The van der Waals surface area contributed by atoms with Crippen LogP contribution < -0.4 is 16.0 Å². The van der Waals surface area contributed by atoms with Crippen molar-refractivity contribution >= 4 is 28.8 Å². The SMILES string of the molecule is CC(C)(C)OC(=O)N[C@H]1CCN(c2nc3ccccc3nc2N)C1. The van der Waals surface area contributed by atoms with Crippen molar-refractivity contribution in [3.05, 3.63) is 24.3 Å². The molecule has 24 heavy (non-hydrogen) atoms. The van der Waals surface area contributed by atoms with E-state index in [0.29, 0.717) is 18.2 Å². The van der Waals surface area contributed by atoms with Gasteiger partial charge in [0.2, 0.25) is 0 Å². The fourth-order valence-electron chi connectivity index (χ4n) is 2.78. The molecule has 0 bridgehead atoms. The summed E-state index contributed by atoms with van der Waals surface area (Å²) < 4.78 is 5.30. The molecule has 1 saturated heterocycles. The van der Waals surface area contributed by atoms with E-state index in [9.17, 15) is 4.79 Å². The van der Waals surface area contributed by atoms with Crippen LogP contribution in [0.25, 0.3) is 11.0 Å². The number of anilines is 2. The first-order valence-corrected chi connectivity index (χ1v) is 8.08. The molecule has 2 aromatic rings. The molecule has 0 aliphatic carbocycles. The molecule has 1 fully saturated rings. The summed E-state index contributed by atoms with van der Waals surface area (Å²) in [4.78, 5) is 23.0. The molecular weight excluding hydrogens is 306 g/mol. The van der Waals surface area contributed by atoms with Crippen LogP contribution in [0, 0.1) is 0 Å². The number of nitrogens with zero attached hydrogens (tertiary/aromatic N) is 3. The Hall–Kier alpha value is -2.57. The molecule has 2 heterocycles. The Labute approximate surface area is 141 Å². The van der Waals surface area contributed by atoms with Crippen molar-refractivity contribution in [1.82, 2.24) is 15.3 Å². The van der Waals surface area contributed by atoms with E-state index >= 15 is 0 Å². The highest BCUT2D eigenvalue weighted by atomic mass is 16.6. The third-order valence-corrected chi connectivity index (χ3v) is 3.79. The highest BCUT2D eigenvalue weighted by Gasteiger charge is 2.28. The average molecular weight is 329 g/mol. The predicted molar refractivity (Wildman–Crippen MR) is 93.9 cm³/mol. The fourth-order valence-corrected chi connectivity index (χ4v) is 2.78. The Balaban J connectivity index is 1.69. The van der Waals surface area contributed by atoms with Gasteiger partial charge < -0.3 is 20.7 Å². The van der Waals surface area contributed by atoms with Crippen molar-refractivity contribution in [1.29, 1.82) is 0 Å². The number of benzene rings is 1. The second kappa shape index (κ2) is 6.14. The Kier molecular flexibility index (Phi) is 4.17. The summed E-state index contributed by atoms with van der Waals surface area (Å²) in [6.45, 7) is 6.94. The summed E-state index contributed by atoms with van der Waals surface area (Å²) >= 11 is 0. The Morgan fingerprint density at radius 1 is 1.29 bits per heavy atom. The average Bonchev–Trinajstić information content (AvgIpc) is 2.92. The second-order valence-corrected chi connectivity index (χ2v) is 7.00. The van der Waals surface area contributed by atoms with Crippen LogP contribution in [0.4, 0.5) is 16.4 Å². The molecule has 1 atom stereocenters. The van der Waals surface area contributed by atoms with E-state index in [1.54, 1.807) is 0 Å². The topological polar surface area (TPSA) is 93.4 Å². The number of hydrogen-bond acceptors (Lipinski definition) is 6. The minimum Gasteiger partial charge on any atom is -0.444 e. The summed E-state index contributed by atoms with van der Waals surface area (Å²) in [5.41, 5.74) is 7.16. The number of alkyl carbamates (subject to hydrolysis) is 1. The summed E-state index contributed by atoms with van der Waals surface area (Å²) in [7, 11) is 0. The maximum atomic E-state index is 11.9. The van der Waals surface area contributed by atoms with Gasteiger partial charge in [-0.05, 0) is 39.3 Å². The highest BCUT2D eigenvalue weighted by Crippen LogP contribution is 2.25. The molecule has 1 aliphatic rings. The van der Waals surface area contributed by atoms with E-state index in [1.165, 1.54) is 0 Å². The van der Waals surface area contributed by atoms with Gasteiger partial charge in [0.25, 0.3) is 0 Å². The zero-order valence-electron chi connectivity index (χ0n) is 14.2. The number of nitrogens with two attached hydrogens (primary N) is 1. The number of nitrogen functional groups attached to an aromatic ring is 1. The van der Waals surface area contributed by atoms with Crippen molar-refractivity contribution in [3.63, 3.8) is 0 Å². The lowest BCUT2D eigenvalue weighted by molar-refractivity contribution is 0.0509. The van der Waals surface area contributed by atoms with Gasteiger partial charge in [-0.15, -0.1) is 0 Å². The maximum absolute atomic E-state index is 11.9. The van der Waals surface area contributed by atoms with Gasteiger partial charge in [0.15, 0.2) is 11.6 Å². The smallest absolute Gasteiger partial charge is 0.407 e. The molecule has 128 valence electrons. The lowest BCUT2D eigenvalue weighted by atomic mass is 10.2. The molecular formula is C17H23N5O2. The van der Waals surface area contributed by atoms with Gasteiger partial charge in [0.1, 0.15) is 5.60 Å². The summed E-state index contributed by atoms with van der Waals surface area (Å²) in [5.74, 6) is 1.08. The van der Waals surface area contributed by atoms with Gasteiger partial charge in [-0.2, -0.15) is 0 Å². The molecule has 1 aromatic heterocycles. The summed E-state index contributed by atoms with van der Waals surface area (Å²) in [6.07, 6.45) is 0.416. The van der Waals surface area contributed by atoms with Crippen LogP contribution in [-0.2, 0) is 4.74 Å². The van der Waals surface area contributed by atoms with Crippen molar-refractivity contribution in [2.75, 3.05) is 23.7 Å². The molecule has 0 saturated carbocycles. The predicted octanol–water partition coefficient (Wildman–Crippen LogP) is 2.32. The van der Waals surface area contributed by atoms with Crippen LogP contribution in [-0.4, -0.2) is 40.8 Å². The fraction of sp³-hybridized carbons (Fsp3) is 0.471. The minimum atomic E-state index is -0.503. The molecule has 0 unspecified atom stereocenters. The van der Waals surface area contributed by atoms with E-state index in [2.05, 4.69) is 20.2 Å². The first-order valence-electron chi connectivity index (χ1n) is 8.08. The molecule has 3 rings (SSSR count). The van der Waals surface area contributed by atoms with Crippen LogP contribution in [0.5, 0.6) is 0 Å². The van der Waals surface area contributed by atoms with Gasteiger partial charge in [-0.1, -0.05) is 12.1 Å². The van der Waals surface area contributed by atoms with Crippen LogP contribution in [0.3, 0.4) is 0 Å². The number of fused-ring (bicyclic) bond motifs is 1. The number of ether oxygens (including phenoxy) is 1. The van der Waals surface area contributed by atoms with Gasteiger partial charge in [-0.3, -0.25) is 0 Å². The Morgan fingerprint density at radius 3 is 2.62 bits per heavy atom. The van der Waals surface area contributed by atoms with Gasteiger partial charge >= 0.3 is 6.09 Å². The molecule has 3 N–H and O–H groups in total. The molecule has 7 heteroatoms. The summed E-state index contributed by atoms with van der Waals surface area (Å²) in [6, 6.07) is 7.64. The zero-order chi connectivity index (χ0) is 17.3. The first-order chi connectivity index (χ1) is 11.3. The Bertz CT molecular complexity index is 756. The van der Waals surface area contributed by atoms with E-state index in [-0.39, 0.29) is 6.04 Å². The monoisotopic (exact) mass is 329 g/mol. The third-order valence-electron chi connectivity index (χ3n) is 3.79. The quantitative estimate of drug-likeness (QED) is 0.878. The molecule has 0 spiro atoms. The van der Waals surface area contributed by atoms with Crippen molar-refractivity contribution in [3.8, 4) is 0 Å². The lowest BCUT2D eigenvalue weighted by Crippen LogP contribution is -2.40. The third kappa shape index (κ3) is 3.67. The van der Waals surface area contributed by atoms with E-state index < -0.39 is 11.7 Å². The van der Waals surface area contributed by atoms with E-state index in [0.717, 1.165) is 24.0 Å². The van der Waals surface area contributed by atoms with Gasteiger partial charge in [0, 0.05) is 13.1 Å². The number of rotatable bonds is 2. The number of hydrogen-bond donors (Lipinski definition) is 2. The Morgan fingerprint density at radius 2 is 1.96 bits per heavy atom. The van der Waals surface area contributed by atoms with E-state index in [4.69, 9.17) is 10.5 Å². The zero-order valence-corrected chi connectivity index (χ0v) is 14.2. The normalized spacial score (nSPS) is 18.0. The van der Waals surface area contributed by atoms with Gasteiger partial charge in [0.05, 0.1) is 17.1 Å². The number of amides is 1. The molecule has 1 aromatic carbocycles. The number of para-hydroxylation sites is 2. The second-order valence-electron chi connectivity index (χ2n) is 7.00. The van der Waals surface area contributed by atoms with E-state index in [1.807, 2.05) is 45.0 Å². The number of carbonyl (C=O) groups excluding carboxylic acids is 1. The maximum Gasteiger partial charge on any atom is 0.407 e. The summed E-state index contributed by atoms with van der Waals surface area (Å²) in [5, 5.41) is 2.90. The van der Waals surface area contributed by atoms with Crippen molar-refractivity contribution in [2.45, 2.75) is 38.8 Å². The molecule has 0 radical (unpaired) electrons. The highest BCUT2D eigenvalue weighted by molar-refractivity contribution is 5.80. The van der Waals surface area contributed by atoms with Crippen molar-refractivity contribution < 1.29 is 9.53 Å². The molecule has 7 nitrogen and oxygen atoms in total. The lowest BCUT2D eigenvalue weighted by Gasteiger charge is -2.22. The van der Waals surface area contributed by atoms with Crippen LogP contribution in [0.1, 0.15) is 27.2 Å². The standard InChI is InChI=1S/C17H23N5O2/c1-17(2,3)24-16(23)19-11-8-9-22(10-11)15-14(18)20-12-6-4-5-7-13(12)21-15/h4-7,11H,8-10H2,1-3H3,(H2,18,20)(H,19,23)/t11-/m0/s1. The molecule has 1 amide bonds. The number of carbonyl (C=O) groups is 1. The number of aromatic nitrogens is 2. The van der Waals surface area contributed by atoms with Crippen LogP contribution in [0.15, 0.2) is 24.3 Å². The van der Waals surface area contributed by atoms with Crippen LogP contribution in [0.2, 0.25) is 0 Å². The molecule has 1 aliphatic heterocycles. The first kappa shape index (κ1) is 16.3. The largest absolute Gasteiger partial charge is 0.444 e. The van der Waals surface area contributed by atoms with Gasteiger partial charge in [-0.25, -0.2) is 14.8 Å². The van der Waals surface area contributed by atoms with Crippen LogP contribution >= 0.6 is 0 Å².